The molecule has 3 heterocycles. The van der Waals surface area contributed by atoms with E-state index in [1.165, 1.54) is 24.3 Å². The highest BCUT2D eigenvalue weighted by Gasteiger charge is 2.25. The lowest BCUT2D eigenvalue weighted by Crippen LogP contribution is -2.45. The van der Waals surface area contributed by atoms with Gasteiger partial charge in [-0.2, -0.15) is 0 Å². The van der Waals surface area contributed by atoms with Crippen molar-refractivity contribution in [2.24, 2.45) is 0 Å². The van der Waals surface area contributed by atoms with Crippen molar-refractivity contribution in [3.05, 3.63) is 64.0 Å². The molecule has 0 bridgehead atoms. The summed E-state index contributed by atoms with van der Waals surface area (Å²) in [7, 11) is 0. The van der Waals surface area contributed by atoms with Crippen LogP contribution in [0.5, 0.6) is 0 Å². The van der Waals surface area contributed by atoms with Crippen LogP contribution in [0.2, 0.25) is 0 Å². The Morgan fingerprint density at radius 2 is 2.06 bits per heavy atom. The van der Waals surface area contributed by atoms with E-state index in [1.807, 2.05) is 6.20 Å². The summed E-state index contributed by atoms with van der Waals surface area (Å²) in [5.41, 5.74) is 0.371. The van der Waals surface area contributed by atoms with Crippen molar-refractivity contribution >= 4 is 39.8 Å². The van der Waals surface area contributed by atoms with Crippen LogP contribution in [0.4, 0.5) is 10.8 Å². The number of carbonyl (C=O) groups excluding carboxylic acids is 1. The van der Waals surface area contributed by atoms with E-state index in [4.69, 9.17) is 4.42 Å². The fraction of sp³-hybridized carbons (Fsp3) is 0.435. The summed E-state index contributed by atoms with van der Waals surface area (Å²) in [6, 6.07) is 5.86. The van der Waals surface area contributed by atoms with Gasteiger partial charge in [0.2, 0.25) is 5.89 Å². The van der Waals surface area contributed by atoms with E-state index in [0.717, 1.165) is 27.9 Å². The van der Waals surface area contributed by atoms with Gasteiger partial charge in [0.15, 0.2) is 5.13 Å². The van der Waals surface area contributed by atoms with Crippen LogP contribution in [0.25, 0.3) is 0 Å². The van der Waals surface area contributed by atoms with Gasteiger partial charge in [0.05, 0.1) is 27.3 Å². The number of likely N-dealkylation sites (tertiary alicyclic amines) is 1. The number of aromatic nitrogens is 2. The zero-order valence-corrected chi connectivity index (χ0v) is 20.9. The number of nitrogens with zero attached hydrogens (tertiary/aromatic N) is 4. The Bertz CT molecular complexity index is 1150. The summed E-state index contributed by atoms with van der Waals surface area (Å²) in [6.45, 7) is 7.51. The van der Waals surface area contributed by atoms with Crippen LogP contribution < -0.4 is 5.32 Å². The van der Waals surface area contributed by atoms with Crippen LogP contribution in [0.3, 0.4) is 0 Å². The predicted octanol–water partition coefficient (Wildman–Crippen LogP) is 5.35. The van der Waals surface area contributed by atoms with Gasteiger partial charge in [0.1, 0.15) is 5.76 Å². The molecule has 3 aromatic rings. The Kier molecular flexibility index (Phi) is 7.22. The van der Waals surface area contributed by atoms with Crippen LogP contribution in [-0.2, 0) is 11.2 Å². The minimum atomic E-state index is -0.468. The van der Waals surface area contributed by atoms with Crippen LogP contribution in [0, 0.1) is 10.1 Å². The Labute approximate surface area is 206 Å². The molecule has 1 fully saturated rings. The highest BCUT2D eigenvalue weighted by atomic mass is 32.2. The van der Waals surface area contributed by atoms with Gasteiger partial charge >= 0.3 is 0 Å². The number of hydrogen-bond acceptors (Lipinski definition) is 9. The van der Waals surface area contributed by atoms with Gasteiger partial charge < -0.3 is 14.6 Å². The minimum absolute atomic E-state index is 0.0235. The molecule has 34 heavy (non-hydrogen) atoms. The summed E-state index contributed by atoms with van der Waals surface area (Å²) < 4.78 is 6.92. The number of rotatable bonds is 7. The molecule has 1 aliphatic rings. The Hall–Kier alpha value is -2.92. The monoisotopic (exact) mass is 501 g/mol. The number of thiazole rings is 1. The summed E-state index contributed by atoms with van der Waals surface area (Å²) in [6.07, 6.45) is 5.46. The fourth-order valence-corrected chi connectivity index (χ4v) is 5.41. The van der Waals surface area contributed by atoms with Gasteiger partial charge in [0.25, 0.3) is 11.6 Å². The highest BCUT2D eigenvalue weighted by Crippen LogP contribution is 2.32. The maximum atomic E-state index is 12.9. The lowest BCUT2D eigenvalue weighted by Gasteiger charge is -2.33. The zero-order valence-electron chi connectivity index (χ0n) is 19.3. The van der Waals surface area contributed by atoms with Gasteiger partial charge in [-0.25, -0.2) is 9.97 Å². The van der Waals surface area contributed by atoms with E-state index in [1.54, 1.807) is 34.2 Å². The van der Waals surface area contributed by atoms with Crippen molar-refractivity contribution in [1.29, 1.82) is 0 Å². The first-order valence-electron chi connectivity index (χ1n) is 11.0. The Balaban J connectivity index is 1.30. The molecule has 1 unspecified atom stereocenters. The lowest BCUT2D eigenvalue weighted by molar-refractivity contribution is -0.384. The number of benzene rings is 1. The van der Waals surface area contributed by atoms with E-state index in [2.05, 4.69) is 36.1 Å². The molecule has 0 aliphatic carbocycles. The molecule has 180 valence electrons. The van der Waals surface area contributed by atoms with Crippen molar-refractivity contribution in [1.82, 2.24) is 14.9 Å². The van der Waals surface area contributed by atoms with Crippen LogP contribution in [0.15, 0.2) is 45.3 Å². The second-order valence-electron chi connectivity index (χ2n) is 9.18. The van der Waals surface area contributed by atoms with E-state index >= 15 is 0 Å². The number of carbonyl (C=O) groups is 1. The molecule has 1 N–H and O–H groups in total. The van der Waals surface area contributed by atoms with Crippen LogP contribution in [0.1, 0.15) is 55.6 Å². The Morgan fingerprint density at radius 1 is 1.29 bits per heavy atom. The number of nitro benzene ring substituents is 1. The van der Waals surface area contributed by atoms with Gasteiger partial charge in [-0.1, -0.05) is 32.1 Å². The second kappa shape index (κ2) is 10.1. The second-order valence-corrected chi connectivity index (χ2v) is 11.5. The SMILES string of the molecule is CC(C)(C)c1cnc(CSc2cnc(NC3CCCN(C(=O)c4ccc([N+](=O)[O-])cc4)C3)s2)o1. The van der Waals surface area contributed by atoms with E-state index in [9.17, 15) is 14.9 Å². The van der Waals surface area contributed by atoms with Crippen LogP contribution in [-0.4, -0.2) is 44.8 Å². The third kappa shape index (κ3) is 5.95. The summed E-state index contributed by atoms with van der Waals surface area (Å²) in [4.78, 5) is 33.9. The summed E-state index contributed by atoms with van der Waals surface area (Å²) in [5, 5.41) is 15.1. The predicted molar refractivity (Wildman–Crippen MR) is 133 cm³/mol. The van der Waals surface area contributed by atoms with Crippen molar-refractivity contribution in [3.8, 4) is 0 Å². The molecular weight excluding hydrogens is 474 g/mol. The highest BCUT2D eigenvalue weighted by molar-refractivity contribution is 8.00. The van der Waals surface area contributed by atoms with E-state index < -0.39 is 4.92 Å². The average Bonchev–Trinajstić information content (AvgIpc) is 3.47. The molecule has 1 aromatic carbocycles. The number of nitrogens with one attached hydrogen (secondary N) is 1. The first kappa shape index (κ1) is 24.2. The third-order valence-corrected chi connectivity index (χ3v) is 7.58. The van der Waals surface area contributed by atoms with Gasteiger partial charge in [-0.15, -0.1) is 11.8 Å². The number of amides is 1. The molecule has 1 amide bonds. The molecule has 0 spiro atoms. The number of thioether (sulfide) groups is 1. The zero-order chi connectivity index (χ0) is 24.3. The molecule has 4 rings (SSSR count). The number of non-ortho nitro benzene ring substituents is 1. The minimum Gasteiger partial charge on any atom is -0.444 e. The first-order valence-corrected chi connectivity index (χ1v) is 12.8. The molecule has 0 saturated carbocycles. The number of nitro groups is 1. The standard InChI is InChI=1S/C23H27N5O4S2/c1-23(2,3)18-11-24-19(32-18)14-33-20-12-25-22(34-20)26-16-5-4-10-27(13-16)21(29)15-6-8-17(9-7-15)28(30)31/h6-9,11-12,16H,4-5,10,13-14H2,1-3H3,(H,25,26). The molecule has 2 aromatic heterocycles. The number of anilines is 1. The summed E-state index contributed by atoms with van der Waals surface area (Å²) >= 11 is 3.21. The number of hydrogen-bond donors (Lipinski definition) is 1. The molecule has 11 heteroatoms. The van der Waals surface area contributed by atoms with E-state index in [0.29, 0.717) is 30.3 Å². The van der Waals surface area contributed by atoms with Crippen LogP contribution >= 0.6 is 23.1 Å². The smallest absolute Gasteiger partial charge is 0.269 e. The fourth-order valence-electron chi connectivity index (χ4n) is 3.61. The molecular formula is C23H27N5O4S2. The van der Waals surface area contributed by atoms with Crippen molar-refractivity contribution < 1.29 is 14.1 Å². The topological polar surface area (TPSA) is 114 Å². The summed E-state index contributed by atoms with van der Waals surface area (Å²) in [5.74, 6) is 2.10. The van der Waals surface area contributed by atoms with Gasteiger partial charge in [0, 0.05) is 42.2 Å². The maximum Gasteiger partial charge on any atom is 0.269 e. The van der Waals surface area contributed by atoms with E-state index in [-0.39, 0.29) is 23.1 Å². The Morgan fingerprint density at radius 3 is 2.74 bits per heavy atom. The number of piperidine rings is 1. The number of oxazole rings is 1. The lowest BCUT2D eigenvalue weighted by atomic mass is 9.94. The van der Waals surface area contributed by atoms with Crippen molar-refractivity contribution in [2.75, 3.05) is 18.4 Å². The first-order chi connectivity index (χ1) is 16.2. The largest absolute Gasteiger partial charge is 0.444 e. The molecule has 1 atom stereocenters. The third-order valence-electron chi connectivity index (χ3n) is 5.48. The molecule has 1 aliphatic heterocycles. The van der Waals surface area contributed by atoms with Gasteiger partial charge in [-0.3, -0.25) is 14.9 Å². The average molecular weight is 502 g/mol. The quantitative estimate of drug-likeness (QED) is 0.262. The van der Waals surface area contributed by atoms with Crippen molar-refractivity contribution in [3.63, 3.8) is 0 Å². The maximum absolute atomic E-state index is 12.9. The molecule has 1 saturated heterocycles. The molecule has 0 radical (unpaired) electrons. The van der Waals surface area contributed by atoms with Gasteiger partial charge in [-0.05, 0) is 25.0 Å². The normalized spacial score (nSPS) is 16.4. The molecule has 9 nitrogen and oxygen atoms in total. The van der Waals surface area contributed by atoms with Crippen molar-refractivity contribution in [2.45, 2.75) is 55.0 Å².